The molecular weight excluding hydrogens is 481 g/mol. The quantitative estimate of drug-likeness (QED) is 0.495. The average Bonchev–Trinajstić information content (AvgIpc) is 2.82. The van der Waals surface area contributed by atoms with Gasteiger partial charge >= 0.3 is 18.1 Å². The highest BCUT2D eigenvalue weighted by Gasteiger charge is 2.36. The summed E-state index contributed by atoms with van der Waals surface area (Å²) < 4.78 is 55.9. The van der Waals surface area contributed by atoms with Gasteiger partial charge in [-0.1, -0.05) is 39.0 Å². The Morgan fingerprint density at radius 1 is 0.972 bits per heavy atom. The van der Waals surface area contributed by atoms with Crippen LogP contribution in [0.4, 0.5) is 13.2 Å². The molecule has 0 radical (unpaired) electrons. The summed E-state index contributed by atoms with van der Waals surface area (Å²) in [6, 6.07) is 5.27. The minimum atomic E-state index is -4.56. The molecule has 1 N–H and O–H groups in total. The number of nitrogens with zero attached hydrogens (tertiary/aromatic N) is 1. The Morgan fingerprint density at radius 2 is 1.61 bits per heavy atom. The van der Waals surface area contributed by atoms with E-state index in [-0.39, 0.29) is 22.8 Å². The summed E-state index contributed by atoms with van der Waals surface area (Å²) in [4.78, 5) is 41.5. The molecule has 0 fully saturated rings. The van der Waals surface area contributed by atoms with Crippen LogP contribution in [-0.2, 0) is 20.5 Å². The fourth-order valence-electron chi connectivity index (χ4n) is 3.19. The minimum Gasteiger partial charge on any atom is -0.493 e. The number of hydrogen-bond donors (Lipinski definition) is 1. The van der Waals surface area contributed by atoms with Gasteiger partial charge in [0, 0.05) is 18.2 Å². The molecule has 1 unspecified atom stereocenters. The normalized spacial score (nSPS) is 13.9. The highest BCUT2D eigenvalue weighted by atomic mass is 19.4. The maximum Gasteiger partial charge on any atom is 0.416 e. The van der Waals surface area contributed by atoms with Gasteiger partial charge in [-0.15, -0.1) is 0 Å². The number of benzene rings is 1. The molecule has 1 heterocycles. The Bertz CT molecular complexity index is 1100. The van der Waals surface area contributed by atoms with Crippen molar-refractivity contribution in [1.29, 1.82) is 0 Å². The van der Waals surface area contributed by atoms with Crippen LogP contribution in [0.5, 0.6) is 11.5 Å². The van der Waals surface area contributed by atoms with Crippen molar-refractivity contribution in [2.24, 2.45) is 5.92 Å². The Kier molecular flexibility index (Phi) is 9.43. The predicted octanol–water partition coefficient (Wildman–Crippen LogP) is 4.52. The number of ether oxygens (including phenoxy) is 3. The molecule has 0 spiro atoms. The van der Waals surface area contributed by atoms with Crippen LogP contribution in [0.25, 0.3) is 0 Å². The second-order valence-electron chi connectivity index (χ2n) is 8.48. The number of hydrogen-bond acceptors (Lipinski definition) is 7. The first-order chi connectivity index (χ1) is 16.8. The first kappa shape index (κ1) is 28.6. The van der Waals surface area contributed by atoms with Gasteiger partial charge in [0.1, 0.15) is 12.1 Å². The van der Waals surface area contributed by atoms with Crippen molar-refractivity contribution in [2.45, 2.75) is 58.9 Å². The molecule has 0 aliphatic rings. The number of methoxy groups -OCH3 is 1. The van der Waals surface area contributed by atoms with Crippen molar-refractivity contribution >= 4 is 17.8 Å². The van der Waals surface area contributed by atoms with Gasteiger partial charge in [-0.3, -0.25) is 9.59 Å². The number of halogens is 3. The first-order valence-electron chi connectivity index (χ1n) is 11.2. The standard InChI is InChI=1S/C25H29F3N2O6/c1-13(2)23(32)36-21-19(34-6)11-12-29-20(21)22(31)30-15(4)24(33)35-16(5)14(3)17-9-7-8-10-18(17)25(26,27)28/h7-16H,1-6H3,(H,30,31)/t14-,15?,16+/m1/s1. The summed E-state index contributed by atoms with van der Waals surface area (Å²) in [5.74, 6) is -3.72. The van der Waals surface area contributed by atoms with Crippen LogP contribution in [0.3, 0.4) is 0 Å². The molecule has 0 saturated carbocycles. The second kappa shape index (κ2) is 11.9. The highest BCUT2D eigenvalue weighted by molar-refractivity contribution is 5.98. The molecule has 196 valence electrons. The van der Waals surface area contributed by atoms with Crippen molar-refractivity contribution < 1.29 is 41.8 Å². The van der Waals surface area contributed by atoms with Crippen LogP contribution >= 0.6 is 0 Å². The molecule has 0 aliphatic carbocycles. The molecule has 2 aromatic rings. The van der Waals surface area contributed by atoms with Crippen molar-refractivity contribution in [2.75, 3.05) is 7.11 Å². The molecule has 3 atom stereocenters. The average molecular weight is 511 g/mol. The van der Waals surface area contributed by atoms with E-state index < -0.39 is 53.6 Å². The lowest BCUT2D eigenvalue weighted by Crippen LogP contribution is -2.41. The maximum absolute atomic E-state index is 13.4. The number of rotatable bonds is 9. The van der Waals surface area contributed by atoms with Gasteiger partial charge in [0.05, 0.1) is 18.6 Å². The summed E-state index contributed by atoms with van der Waals surface area (Å²) in [5, 5.41) is 2.41. The zero-order valence-corrected chi connectivity index (χ0v) is 20.8. The lowest BCUT2D eigenvalue weighted by Gasteiger charge is -2.25. The van der Waals surface area contributed by atoms with Gasteiger partial charge in [-0.2, -0.15) is 13.2 Å². The van der Waals surface area contributed by atoms with Gasteiger partial charge in [0.15, 0.2) is 11.4 Å². The SMILES string of the molecule is COc1ccnc(C(=O)NC(C)C(=O)O[C@@H](C)[C@@H](C)c2ccccc2C(F)(F)F)c1OC(=O)C(C)C. The zero-order valence-electron chi connectivity index (χ0n) is 20.8. The Balaban J connectivity index is 2.15. The number of carbonyl (C=O) groups excluding carboxylic acids is 3. The third kappa shape index (κ3) is 6.96. The molecule has 1 amide bonds. The molecule has 2 rings (SSSR count). The topological polar surface area (TPSA) is 104 Å². The summed E-state index contributed by atoms with van der Waals surface area (Å²) in [5.41, 5.74) is -1.11. The van der Waals surface area contributed by atoms with Gasteiger partial charge in [0.25, 0.3) is 5.91 Å². The number of aromatic nitrogens is 1. The lowest BCUT2D eigenvalue weighted by molar-refractivity contribution is -0.151. The van der Waals surface area contributed by atoms with Gasteiger partial charge in [0.2, 0.25) is 5.75 Å². The molecule has 1 aromatic carbocycles. The second-order valence-corrected chi connectivity index (χ2v) is 8.48. The van der Waals surface area contributed by atoms with Crippen LogP contribution in [-0.4, -0.2) is 42.1 Å². The molecular formula is C25H29F3N2O6. The zero-order chi connectivity index (χ0) is 27.2. The van der Waals surface area contributed by atoms with E-state index in [1.54, 1.807) is 13.8 Å². The summed E-state index contributed by atoms with van der Waals surface area (Å²) >= 11 is 0. The predicted molar refractivity (Wildman–Crippen MR) is 124 cm³/mol. The molecule has 11 heteroatoms. The van der Waals surface area contributed by atoms with E-state index >= 15 is 0 Å². The van der Waals surface area contributed by atoms with Crippen LogP contribution in [0.1, 0.15) is 62.2 Å². The van der Waals surface area contributed by atoms with Crippen molar-refractivity contribution in [3.63, 3.8) is 0 Å². The van der Waals surface area contributed by atoms with E-state index in [0.29, 0.717) is 0 Å². The highest BCUT2D eigenvalue weighted by Crippen LogP contribution is 2.36. The summed E-state index contributed by atoms with van der Waals surface area (Å²) in [7, 11) is 1.32. The smallest absolute Gasteiger partial charge is 0.416 e. The molecule has 0 bridgehead atoms. The number of alkyl halides is 3. The van der Waals surface area contributed by atoms with Crippen LogP contribution in [0.15, 0.2) is 36.5 Å². The fourth-order valence-corrected chi connectivity index (χ4v) is 3.19. The third-order valence-corrected chi connectivity index (χ3v) is 5.44. The summed E-state index contributed by atoms with van der Waals surface area (Å²) in [6.45, 7) is 7.55. The van der Waals surface area contributed by atoms with Gasteiger partial charge < -0.3 is 19.5 Å². The van der Waals surface area contributed by atoms with E-state index in [0.717, 1.165) is 6.07 Å². The van der Waals surface area contributed by atoms with E-state index in [1.807, 2.05) is 0 Å². The Labute approximate surface area is 207 Å². The third-order valence-electron chi connectivity index (χ3n) is 5.44. The van der Waals surface area contributed by atoms with Crippen LogP contribution in [0, 0.1) is 5.92 Å². The lowest BCUT2D eigenvalue weighted by atomic mass is 9.91. The minimum absolute atomic E-state index is 0.0146. The Hall–Kier alpha value is -3.63. The first-order valence-corrected chi connectivity index (χ1v) is 11.2. The van der Waals surface area contributed by atoms with Gasteiger partial charge in [-0.05, 0) is 25.5 Å². The number of amides is 1. The van der Waals surface area contributed by atoms with Crippen molar-refractivity contribution in [3.8, 4) is 11.5 Å². The number of esters is 2. The monoisotopic (exact) mass is 510 g/mol. The molecule has 0 saturated heterocycles. The van der Waals surface area contributed by atoms with Crippen molar-refractivity contribution in [1.82, 2.24) is 10.3 Å². The van der Waals surface area contributed by atoms with E-state index in [1.165, 1.54) is 58.3 Å². The maximum atomic E-state index is 13.4. The van der Waals surface area contributed by atoms with Crippen LogP contribution in [0.2, 0.25) is 0 Å². The molecule has 8 nitrogen and oxygen atoms in total. The fraction of sp³-hybridized carbons (Fsp3) is 0.440. The number of pyridine rings is 1. The van der Waals surface area contributed by atoms with Crippen LogP contribution < -0.4 is 14.8 Å². The van der Waals surface area contributed by atoms with E-state index in [4.69, 9.17) is 14.2 Å². The Morgan fingerprint density at radius 3 is 2.19 bits per heavy atom. The van der Waals surface area contributed by atoms with E-state index in [9.17, 15) is 27.6 Å². The molecule has 0 aliphatic heterocycles. The largest absolute Gasteiger partial charge is 0.493 e. The number of carbonyl (C=O) groups is 3. The summed E-state index contributed by atoms with van der Waals surface area (Å²) in [6.07, 6.45) is -4.22. The molecule has 1 aromatic heterocycles. The number of nitrogens with one attached hydrogen (secondary N) is 1. The van der Waals surface area contributed by atoms with E-state index in [2.05, 4.69) is 10.3 Å². The molecule has 36 heavy (non-hydrogen) atoms. The van der Waals surface area contributed by atoms with Gasteiger partial charge in [-0.25, -0.2) is 9.78 Å². The van der Waals surface area contributed by atoms with Crippen molar-refractivity contribution in [3.05, 3.63) is 53.3 Å².